The van der Waals surface area contributed by atoms with Crippen LogP contribution in [0.25, 0.3) is 0 Å². The molecule has 4 amide bonds. The van der Waals surface area contributed by atoms with Crippen molar-refractivity contribution in [2.45, 2.75) is 38.8 Å². The zero-order chi connectivity index (χ0) is 28.7. The van der Waals surface area contributed by atoms with Gasteiger partial charge in [0, 0.05) is 44.1 Å². The molecule has 1 aliphatic rings. The van der Waals surface area contributed by atoms with Crippen LogP contribution >= 0.6 is 0 Å². The van der Waals surface area contributed by atoms with E-state index in [1.807, 2.05) is 58.9 Å². The minimum atomic E-state index is -0.945. The number of piperazine rings is 1. The zero-order valence-electron chi connectivity index (χ0n) is 23.1. The number of hydrogen-bond donors (Lipinski definition) is 1. The SMILES string of the molecule is CCCC(=O)[N+]1(C(N)=O)CCN(c2ccccc2)C[C@@H]1C(=O)N(C)CCc1cncn1Cc1ccc(C#N)cc1. The Kier molecular flexibility index (Phi) is 8.97. The van der Waals surface area contributed by atoms with E-state index in [-0.39, 0.29) is 31.3 Å². The number of primary amides is 1. The summed E-state index contributed by atoms with van der Waals surface area (Å²) in [7, 11) is 1.70. The summed E-state index contributed by atoms with van der Waals surface area (Å²) >= 11 is 0. The number of aromatic nitrogens is 2. The van der Waals surface area contributed by atoms with Crippen molar-refractivity contribution in [1.29, 1.82) is 5.26 Å². The minimum absolute atomic E-state index is 0.144. The molecule has 10 heteroatoms. The summed E-state index contributed by atoms with van der Waals surface area (Å²) in [6.07, 6.45) is 4.79. The van der Waals surface area contributed by atoms with Gasteiger partial charge in [0.15, 0.2) is 0 Å². The molecule has 208 valence electrons. The van der Waals surface area contributed by atoms with Crippen LogP contribution in [0.2, 0.25) is 0 Å². The quantitative estimate of drug-likeness (QED) is 0.415. The Morgan fingerprint density at radius 2 is 1.88 bits per heavy atom. The van der Waals surface area contributed by atoms with Gasteiger partial charge in [0.05, 0.1) is 37.5 Å². The monoisotopic (exact) mass is 542 g/mol. The molecule has 2 aromatic carbocycles. The Morgan fingerprint density at radius 3 is 2.52 bits per heavy atom. The summed E-state index contributed by atoms with van der Waals surface area (Å²) in [5.74, 6) is -0.600. The van der Waals surface area contributed by atoms with Crippen LogP contribution in [0.15, 0.2) is 67.1 Å². The molecule has 0 aliphatic carbocycles. The van der Waals surface area contributed by atoms with Gasteiger partial charge in [0.1, 0.15) is 6.54 Å². The van der Waals surface area contributed by atoms with E-state index in [2.05, 4.69) is 11.1 Å². The fourth-order valence-electron chi connectivity index (χ4n) is 5.34. The molecule has 1 aliphatic heterocycles. The maximum atomic E-state index is 14.0. The molecule has 10 nitrogen and oxygen atoms in total. The Hall–Kier alpha value is -4.49. The lowest BCUT2D eigenvalue weighted by molar-refractivity contribution is -0.792. The molecular formula is C30H36N7O3+. The van der Waals surface area contributed by atoms with Crippen LogP contribution in [0, 0.1) is 11.3 Å². The molecule has 0 radical (unpaired) electrons. The van der Waals surface area contributed by atoms with Gasteiger partial charge >= 0.3 is 11.9 Å². The van der Waals surface area contributed by atoms with Crippen molar-refractivity contribution in [2.75, 3.05) is 38.1 Å². The van der Waals surface area contributed by atoms with Crippen molar-refractivity contribution < 1.29 is 18.9 Å². The standard InChI is InChI=1S/C30H35N7O3/c1-3-7-28(38)37(30(32)40)17-16-35(25-8-5-4-6-9-25)21-27(37)29(39)34(2)15-14-26-19-33-22-36(26)20-24-12-10-23(18-31)11-13-24/h4-6,8-13,19,22,27H,3,7,14-17,20-21H2,1-2H3,(H-,32,40)/p+1/t27-,37?/m1/s1. The summed E-state index contributed by atoms with van der Waals surface area (Å²) in [5, 5.41) is 9.04. The van der Waals surface area contributed by atoms with E-state index in [1.165, 1.54) is 0 Å². The van der Waals surface area contributed by atoms with Crippen molar-refractivity contribution in [3.05, 3.63) is 83.9 Å². The number of rotatable bonds is 9. The molecule has 1 fully saturated rings. The Balaban J connectivity index is 1.52. The fourth-order valence-corrected chi connectivity index (χ4v) is 5.34. The predicted molar refractivity (Wildman–Crippen MR) is 151 cm³/mol. The number of nitrogens with zero attached hydrogens (tertiary/aromatic N) is 6. The van der Waals surface area contributed by atoms with Gasteiger partial charge in [-0.2, -0.15) is 9.74 Å². The number of nitrogens with two attached hydrogens (primary N) is 1. The van der Waals surface area contributed by atoms with Crippen molar-refractivity contribution in [1.82, 2.24) is 14.5 Å². The first-order valence-corrected chi connectivity index (χ1v) is 13.5. The number of hydrogen-bond acceptors (Lipinski definition) is 6. The van der Waals surface area contributed by atoms with E-state index in [4.69, 9.17) is 11.0 Å². The number of anilines is 1. The highest BCUT2D eigenvalue weighted by Crippen LogP contribution is 2.28. The van der Waals surface area contributed by atoms with Crippen LogP contribution < -0.4 is 10.6 Å². The number of urea groups is 1. The molecule has 40 heavy (non-hydrogen) atoms. The second-order valence-corrected chi connectivity index (χ2v) is 10.2. The third-order valence-electron chi connectivity index (χ3n) is 7.67. The molecule has 1 unspecified atom stereocenters. The highest BCUT2D eigenvalue weighted by molar-refractivity contribution is 5.91. The van der Waals surface area contributed by atoms with Gasteiger partial charge in [0.25, 0.3) is 5.91 Å². The predicted octanol–water partition coefficient (Wildman–Crippen LogP) is 2.91. The smallest absolute Gasteiger partial charge is 0.359 e. The van der Waals surface area contributed by atoms with Crippen LogP contribution in [0.1, 0.15) is 36.6 Å². The second-order valence-electron chi connectivity index (χ2n) is 10.2. The van der Waals surface area contributed by atoms with Gasteiger partial charge in [-0.1, -0.05) is 37.3 Å². The topological polar surface area (TPSA) is 125 Å². The lowest BCUT2D eigenvalue weighted by Crippen LogP contribution is -2.75. The number of carbonyl (C=O) groups is 3. The van der Waals surface area contributed by atoms with E-state index in [0.717, 1.165) is 16.9 Å². The third kappa shape index (κ3) is 5.90. The minimum Gasteiger partial charge on any atom is -0.359 e. The number of nitriles is 1. The van der Waals surface area contributed by atoms with E-state index >= 15 is 0 Å². The number of imide groups is 1. The summed E-state index contributed by atoms with van der Waals surface area (Å²) in [6, 6.07) is 17.5. The third-order valence-corrected chi connectivity index (χ3v) is 7.67. The number of carbonyl (C=O) groups excluding carboxylic acids is 3. The number of quaternary nitrogens is 1. The molecule has 0 saturated carbocycles. The van der Waals surface area contributed by atoms with Gasteiger partial charge in [-0.05, 0) is 36.2 Å². The van der Waals surface area contributed by atoms with E-state index < -0.39 is 16.6 Å². The summed E-state index contributed by atoms with van der Waals surface area (Å²) < 4.78 is 1.35. The number of benzene rings is 2. The molecule has 2 atom stereocenters. The van der Waals surface area contributed by atoms with Crippen molar-refractivity contribution in [2.24, 2.45) is 5.73 Å². The molecular weight excluding hydrogens is 506 g/mol. The highest BCUT2D eigenvalue weighted by atomic mass is 16.2. The molecule has 0 spiro atoms. The lowest BCUT2D eigenvalue weighted by atomic mass is 10.0. The first-order chi connectivity index (χ1) is 19.3. The summed E-state index contributed by atoms with van der Waals surface area (Å²) in [4.78, 5) is 48.2. The van der Waals surface area contributed by atoms with Crippen LogP contribution in [0.3, 0.4) is 0 Å². The van der Waals surface area contributed by atoms with Gasteiger partial charge in [0.2, 0.25) is 6.04 Å². The first kappa shape index (κ1) is 28.5. The van der Waals surface area contributed by atoms with Gasteiger partial charge < -0.3 is 20.1 Å². The fraction of sp³-hybridized carbons (Fsp3) is 0.367. The van der Waals surface area contributed by atoms with Crippen molar-refractivity contribution >= 4 is 23.5 Å². The summed E-state index contributed by atoms with van der Waals surface area (Å²) in [5.41, 5.74) is 9.41. The van der Waals surface area contributed by atoms with Gasteiger partial charge in [-0.15, -0.1) is 0 Å². The number of imidazole rings is 1. The van der Waals surface area contributed by atoms with Gasteiger partial charge in [-0.25, -0.2) is 14.6 Å². The largest absolute Gasteiger partial charge is 0.422 e. The molecule has 1 aromatic heterocycles. The Bertz CT molecular complexity index is 1380. The second kappa shape index (κ2) is 12.6. The first-order valence-electron chi connectivity index (χ1n) is 13.5. The van der Waals surface area contributed by atoms with Crippen molar-refractivity contribution in [3.63, 3.8) is 0 Å². The summed E-state index contributed by atoms with van der Waals surface area (Å²) in [6.45, 7) is 3.62. The average Bonchev–Trinajstić information content (AvgIpc) is 3.42. The Labute approximate surface area is 234 Å². The number of para-hydroxylation sites is 1. The molecule has 3 aromatic rings. The average molecular weight is 543 g/mol. The normalized spacial score (nSPS) is 18.6. The van der Waals surface area contributed by atoms with Crippen LogP contribution in [-0.4, -0.2) is 76.0 Å². The zero-order valence-corrected chi connectivity index (χ0v) is 23.1. The van der Waals surface area contributed by atoms with Crippen LogP contribution in [0.4, 0.5) is 10.5 Å². The van der Waals surface area contributed by atoms with Crippen LogP contribution in [-0.2, 0) is 22.6 Å². The molecule has 1 saturated heterocycles. The molecule has 0 bridgehead atoms. The molecule has 2 heterocycles. The van der Waals surface area contributed by atoms with Crippen molar-refractivity contribution in [3.8, 4) is 6.07 Å². The highest BCUT2D eigenvalue weighted by Gasteiger charge is 2.56. The molecule has 2 N–H and O–H groups in total. The van der Waals surface area contributed by atoms with E-state index in [9.17, 15) is 14.4 Å². The molecule has 4 rings (SSSR count). The number of amides is 4. The maximum absolute atomic E-state index is 14.0. The van der Waals surface area contributed by atoms with Crippen LogP contribution in [0.5, 0.6) is 0 Å². The van der Waals surface area contributed by atoms with Gasteiger partial charge in [-0.3, -0.25) is 4.79 Å². The number of likely N-dealkylation sites (N-methyl/N-ethyl adjacent to an activating group) is 1. The van der Waals surface area contributed by atoms with E-state index in [0.29, 0.717) is 38.0 Å². The Morgan fingerprint density at radius 1 is 1.15 bits per heavy atom. The maximum Gasteiger partial charge on any atom is 0.422 e. The van der Waals surface area contributed by atoms with E-state index in [1.54, 1.807) is 36.6 Å². The lowest BCUT2D eigenvalue weighted by Gasteiger charge is -2.46.